The van der Waals surface area contributed by atoms with E-state index in [4.69, 9.17) is 4.74 Å². The van der Waals surface area contributed by atoms with Crippen LogP contribution in [0.5, 0.6) is 0 Å². The Morgan fingerprint density at radius 2 is 1.16 bits per heavy atom. The van der Waals surface area contributed by atoms with Crippen LogP contribution in [0.25, 0.3) is 0 Å². The maximum atomic E-state index is 13.3. The SMILES string of the molecule is CCCCCCCCC(=O)N(CCCN(C)C)CC(CCCCCCC)CCCCCCCCCOC=O. The maximum Gasteiger partial charge on any atom is 0.293 e. The summed E-state index contributed by atoms with van der Waals surface area (Å²) in [5.74, 6) is 1.04. The first-order chi connectivity index (χ1) is 18.5. The molecule has 0 fully saturated rings. The van der Waals surface area contributed by atoms with Gasteiger partial charge in [-0.15, -0.1) is 0 Å². The van der Waals surface area contributed by atoms with Gasteiger partial charge in [-0.3, -0.25) is 9.59 Å². The Hall–Kier alpha value is -1.10. The summed E-state index contributed by atoms with van der Waals surface area (Å²) in [6.45, 7) is 8.56. The fourth-order valence-electron chi connectivity index (χ4n) is 5.34. The number of unbranched alkanes of at least 4 members (excludes halogenated alkanes) is 15. The molecule has 5 heteroatoms. The summed E-state index contributed by atoms with van der Waals surface area (Å²) in [7, 11) is 4.25. The lowest BCUT2D eigenvalue weighted by Crippen LogP contribution is -2.37. The molecule has 0 aliphatic rings. The third-order valence-electron chi connectivity index (χ3n) is 7.77. The van der Waals surface area contributed by atoms with Crippen LogP contribution in [0.2, 0.25) is 0 Å². The highest BCUT2D eigenvalue weighted by Crippen LogP contribution is 2.21. The molecule has 0 spiro atoms. The van der Waals surface area contributed by atoms with Crippen LogP contribution >= 0.6 is 0 Å². The van der Waals surface area contributed by atoms with Gasteiger partial charge in [0.1, 0.15) is 0 Å². The van der Waals surface area contributed by atoms with E-state index in [9.17, 15) is 9.59 Å². The molecule has 0 heterocycles. The second-order valence-electron chi connectivity index (χ2n) is 11.8. The van der Waals surface area contributed by atoms with Crippen LogP contribution in [0.1, 0.15) is 155 Å². The van der Waals surface area contributed by atoms with Crippen molar-refractivity contribution in [3.05, 3.63) is 0 Å². The van der Waals surface area contributed by atoms with Gasteiger partial charge >= 0.3 is 0 Å². The van der Waals surface area contributed by atoms with Crippen molar-refractivity contribution in [2.24, 2.45) is 5.92 Å². The second kappa shape index (κ2) is 28.9. The van der Waals surface area contributed by atoms with Crippen LogP contribution in [0.4, 0.5) is 0 Å². The summed E-state index contributed by atoms with van der Waals surface area (Å²) < 4.78 is 4.77. The van der Waals surface area contributed by atoms with Gasteiger partial charge in [-0.25, -0.2) is 0 Å². The summed E-state index contributed by atoms with van der Waals surface area (Å²) in [4.78, 5) is 28.0. The molecule has 38 heavy (non-hydrogen) atoms. The van der Waals surface area contributed by atoms with Crippen molar-refractivity contribution >= 4 is 12.4 Å². The Labute approximate surface area is 237 Å². The van der Waals surface area contributed by atoms with Crippen molar-refractivity contribution in [2.75, 3.05) is 40.3 Å². The Morgan fingerprint density at radius 3 is 1.68 bits per heavy atom. The molecule has 1 atom stereocenters. The third-order valence-corrected chi connectivity index (χ3v) is 7.77. The van der Waals surface area contributed by atoms with Crippen molar-refractivity contribution in [3.63, 3.8) is 0 Å². The van der Waals surface area contributed by atoms with Gasteiger partial charge in [-0.1, -0.05) is 117 Å². The Kier molecular flexibility index (Phi) is 28.1. The molecule has 5 nitrogen and oxygen atoms in total. The number of carbonyl (C=O) groups excluding carboxylic acids is 2. The summed E-state index contributed by atoms with van der Waals surface area (Å²) in [5, 5.41) is 0. The van der Waals surface area contributed by atoms with Crippen molar-refractivity contribution < 1.29 is 14.3 Å². The molecular weight excluding hydrogens is 472 g/mol. The standard InChI is InChI=1S/C33H66N2O3/c1-5-7-9-11-17-21-26-33(37)35(28-23-27-34(3)4)30-32(24-19-15-10-8-6-2)25-20-16-13-12-14-18-22-29-38-31-36/h31-32H,5-30H2,1-4H3. The second-order valence-corrected chi connectivity index (χ2v) is 11.8. The highest BCUT2D eigenvalue weighted by Gasteiger charge is 2.19. The number of ether oxygens (including phenoxy) is 1. The van der Waals surface area contributed by atoms with Crippen LogP contribution in [0, 0.1) is 5.92 Å². The van der Waals surface area contributed by atoms with E-state index in [1.165, 1.54) is 109 Å². The maximum absolute atomic E-state index is 13.3. The zero-order valence-electron chi connectivity index (χ0n) is 26.2. The smallest absolute Gasteiger partial charge is 0.293 e. The number of hydrogen-bond acceptors (Lipinski definition) is 4. The fourth-order valence-corrected chi connectivity index (χ4v) is 5.34. The Balaban J connectivity index is 4.68. The first kappa shape index (κ1) is 36.9. The average Bonchev–Trinajstić information content (AvgIpc) is 2.90. The number of carbonyl (C=O) groups is 2. The van der Waals surface area contributed by atoms with Crippen LogP contribution in [-0.2, 0) is 14.3 Å². The van der Waals surface area contributed by atoms with E-state index in [-0.39, 0.29) is 0 Å². The van der Waals surface area contributed by atoms with Gasteiger partial charge in [0.25, 0.3) is 6.47 Å². The lowest BCUT2D eigenvalue weighted by Gasteiger charge is -2.29. The van der Waals surface area contributed by atoms with E-state index in [1.807, 2.05) is 0 Å². The summed E-state index contributed by atoms with van der Waals surface area (Å²) in [6, 6.07) is 0. The number of amides is 1. The largest absolute Gasteiger partial charge is 0.468 e. The van der Waals surface area contributed by atoms with E-state index >= 15 is 0 Å². The molecule has 1 amide bonds. The predicted octanol–water partition coefficient (Wildman–Crippen LogP) is 8.79. The lowest BCUT2D eigenvalue weighted by atomic mass is 9.93. The van der Waals surface area contributed by atoms with Crippen molar-refractivity contribution in [2.45, 2.75) is 155 Å². The number of hydrogen-bond donors (Lipinski definition) is 0. The zero-order chi connectivity index (χ0) is 28.1. The summed E-state index contributed by atoms with van der Waals surface area (Å²) in [5.41, 5.74) is 0. The molecule has 1 unspecified atom stereocenters. The van der Waals surface area contributed by atoms with Gasteiger partial charge in [0, 0.05) is 19.5 Å². The van der Waals surface area contributed by atoms with Crippen LogP contribution in [0.15, 0.2) is 0 Å². The van der Waals surface area contributed by atoms with E-state index in [1.54, 1.807) is 0 Å². The monoisotopic (exact) mass is 539 g/mol. The summed E-state index contributed by atoms with van der Waals surface area (Å²) in [6.07, 6.45) is 26.9. The average molecular weight is 539 g/mol. The molecule has 0 saturated carbocycles. The third kappa shape index (κ3) is 25.2. The molecule has 0 N–H and O–H groups in total. The van der Waals surface area contributed by atoms with Crippen LogP contribution < -0.4 is 0 Å². The quantitative estimate of drug-likeness (QED) is 0.0677. The van der Waals surface area contributed by atoms with Gasteiger partial charge in [-0.05, 0) is 58.7 Å². The molecule has 0 aromatic rings. The van der Waals surface area contributed by atoms with E-state index in [0.717, 1.165) is 51.7 Å². The molecule has 0 aliphatic carbocycles. The number of nitrogens with zero attached hydrogens (tertiary/aromatic N) is 2. The first-order valence-electron chi connectivity index (χ1n) is 16.5. The highest BCUT2D eigenvalue weighted by atomic mass is 16.5. The molecule has 0 aliphatic heterocycles. The topological polar surface area (TPSA) is 49.9 Å². The minimum Gasteiger partial charge on any atom is -0.468 e. The molecule has 0 bridgehead atoms. The minimum atomic E-state index is 0.397. The van der Waals surface area contributed by atoms with Crippen LogP contribution in [0.3, 0.4) is 0 Å². The van der Waals surface area contributed by atoms with Gasteiger partial charge in [-0.2, -0.15) is 0 Å². The van der Waals surface area contributed by atoms with E-state index < -0.39 is 0 Å². The molecule has 0 saturated heterocycles. The molecule has 0 aromatic heterocycles. The van der Waals surface area contributed by atoms with Crippen LogP contribution in [-0.4, -0.2) is 62.5 Å². The first-order valence-corrected chi connectivity index (χ1v) is 16.5. The molecule has 0 radical (unpaired) electrons. The van der Waals surface area contributed by atoms with E-state index in [2.05, 4.69) is 37.7 Å². The fraction of sp³-hybridized carbons (Fsp3) is 0.939. The minimum absolute atomic E-state index is 0.397. The molecule has 0 aromatic carbocycles. The molecular formula is C33H66N2O3. The molecule has 226 valence electrons. The van der Waals surface area contributed by atoms with Gasteiger partial charge in [0.05, 0.1) is 6.61 Å². The van der Waals surface area contributed by atoms with Gasteiger partial charge < -0.3 is 14.5 Å². The predicted molar refractivity (Wildman–Crippen MR) is 164 cm³/mol. The normalized spacial score (nSPS) is 12.1. The Morgan fingerprint density at radius 1 is 0.658 bits per heavy atom. The zero-order valence-corrected chi connectivity index (χ0v) is 26.2. The van der Waals surface area contributed by atoms with Crippen molar-refractivity contribution in [1.82, 2.24) is 9.80 Å². The molecule has 0 rings (SSSR count). The van der Waals surface area contributed by atoms with E-state index in [0.29, 0.717) is 24.9 Å². The summed E-state index contributed by atoms with van der Waals surface area (Å²) >= 11 is 0. The Bertz CT molecular complexity index is 512. The van der Waals surface area contributed by atoms with Gasteiger partial charge in [0.2, 0.25) is 5.91 Å². The highest BCUT2D eigenvalue weighted by molar-refractivity contribution is 5.76. The van der Waals surface area contributed by atoms with Crippen molar-refractivity contribution in [3.8, 4) is 0 Å². The van der Waals surface area contributed by atoms with Crippen molar-refractivity contribution in [1.29, 1.82) is 0 Å². The lowest BCUT2D eigenvalue weighted by molar-refractivity contribution is -0.132. The van der Waals surface area contributed by atoms with Gasteiger partial charge in [0.15, 0.2) is 0 Å². The number of rotatable bonds is 30.